The molecule has 0 atom stereocenters. The fraction of sp³-hybridized carbons (Fsp3) is 0.500. The Kier molecular flexibility index (Phi) is 6.14. The van der Waals surface area contributed by atoms with Crippen LogP contribution in [0.5, 0.6) is 0 Å². The molecule has 1 fully saturated rings. The van der Waals surface area contributed by atoms with Gasteiger partial charge >= 0.3 is 0 Å². The lowest BCUT2D eigenvalue weighted by Gasteiger charge is -2.31. The Morgan fingerprint density at radius 3 is 2.33 bits per heavy atom. The van der Waals surface area contributed by atoms with E-state index in [1.807, 2.05) is 24.3 Å². The molecule has 0 radical (unpaired) electrons. The first-order valence-electron chi connectivity index (χ1n) is 6.23. The number of nitrogens with two attached hydrogens (primary N) is 1. The van der Waals surface area contributed by atoms with Gasteiger partial charge in [-0.05, 0) is 56.1 Å². The zero-order chi connectivity index (χ0) is 12.1. The monoisotopic (exact) mass is 265 g/mol. The van der Waals surface area contributed by atoms with Crippen molar-refractivity contribution in [3.05, 3.63) is 35.4 Å². The van der Waals surface area contributed by atoms with Crippen molar-refractivity contribution in [1.29, 1.82) is 5.26 Å². The molecule has 1 aliphatic rings. The van der Waals surface area contributed by atoms with Gasteiger partial charge in [0, 0.05) is 6.54 Å². The van der Waals surface area contributed by atoms with E-state index in [-0.39, 0.29) is 12.4 Å². The predicted molar refractivity (Wildman–Crippen MR) is 75.5 cm³/mol. The van der Waals surface area contributed by atoms with Crippen molar-refractivity contribution in [3.63, 3.8) is 0 Å². The molecule has 2 rings (SSSR count). The third-order valence-corrected chi connectivity index (χ3v) is 3.53. The SMILES string of the molecule is Cl.N#Cc1ccc(CN2CCC(CN)CC2)cc1. The van der Waals surface area contributed by atoms with Crippen molar-refractivity contribution in [2.24, 2.45) is 11.7 Å². The third kappa shape index (κ3) is 3.99. The van der Waals surface area contributed by atoms with Crippen molar-refractivity contribution >= 4 is 12.4 Å². The van der Waals surface area contributed by atoms with E-state index in [1.54, 1.807) is 0 Å². The highest BCUT2D eigenvalue weighted by Crippen LogP contribution is 2.18. The molecule has 98 valence electrons. The van der Waals surface area contributed by atoms with Crippen LogP contribution in [0.15, 0.2) is 24.3 Å². The van der Waals surface area contributed by atoms with Gasteiger partial charge in [-0.3, -0.25) is 4.90 Å². The lowest BCUT2D eigenvalue weighted by molar-refractivity contribution is 0.180. The minimum absolute atomic E-state index is 0. The summed E-state index contributed by atoms with van der Waals surface area (Å²) < 4.78 is 0. The molecule has 0 bridgehead atoms. The highest BCUT2D eigenvalue weighted by molar-refractivity contribution is 5.85. The van der Waals surface area contributed by atoms with Gasteiger partial charge in [0.2, 0.25) is 0 Å². The maximum absolute atomic E-state index is 8.73. The second kappa shape index (κ2) is 7.38. The van der Waals surface area contributed by atoms with E-state index in [0.717, 1.165) is 31.7 Å². The summed E-state index contributed by atoms with van der Waals surface area (Å²) in [5, 5.41) is 8.73. The van der Waals surface area contributed by atoms with E-state index < -0.39 is 0 Å². The fourth-order valence-electron chi connectivity index (χ4n) is 2.32. The van der Waals surface area contributed by atoms with Crippen molar-refractivity contribution in [3.8, 4) is 6.07 Å². The van der Waals surface area contributed by atoms with Crippen LogP contribution < -0.4 is 5.73 Å². The largest absolute Gasteiger partial charge is 0.330 e. The molecule has 3 nitrogen and oxygen atoms in total. The molecule has 18 heavy (non-hydrogen) atoms. The second-order valence-corrected chi connectivity index (χ2v) is 4.76. The van der Waals surface area contributed by atoms with Gasteiger partial charge in [-0.1, -0.05) is 12.1 Å². The highest BCUT2D eigenvalue weighted by atomic mass is 35.5. The Morgan fingerprint density at radius 1 is 1.22 bits per heavy atom. The normalized spacial score (nSPS) is 16.9. The number of nitrogens with zero attached hydrogens (tertiary/aromatic N) is 2. The first-order chi connectivity index (χ1) is 8.31. The van der Waals surface area contributed by atoms with Gasteiger partial charge in [-0.25, -0.2) is 0 Å². The van der Waals surface area contributed by atoms with Crippen LogP contribution in [0.25, 0.3) is 0 Å². The van der Waals surface area contributed by atoms with E-state index >= 15 is 0 Å². The summed E-state index contributed by atoms with van der Waals surface area (Å²) in [4.78, 5) is 2.47. The van der Waals surface area contributed by atoms with Crippen LogP contribution in [-0.4, -0.2) is 24.5 Å². The molecular weight excluding hydrogens is 246 g/mol. The van der Waals surface area contributed by atoms with E-state index in [4.69, 9.17) is 11.0 Å². The van der Waals surface area contributed by atoms with Gasteiger partial charge < -0.3 is 5.73 Å². The van der Waals surface area contributed by atoms with Crippen LogP contribution >= 0.6 is 12.4 Å². The molecule has 0 saturated carbocycles. The number of nitriles is 1. The van der Waals surface area contributed by atoms with Crippen LogP contribution in [-0.2, 0) is 6.54 Å². The van der Waals surface area contributed by atoms with Gasteiger partial charge in [-0.15, -0.1) is 12.4 Å². The van der Waals surface area contributed by atoms with Crippen LogP contribution in [0.3, 0.4) is 0 Å². The Morgan fingerprint density at radius 2 is 1.83 bits per heavy atom. The first-order valence-corrected chi connectivity index (χ1v) is 6.23. The van der Waals surface area contributed by atoms with Crippen molar-refractivity contribution in [2.45, 2.75) is 19.4 Å². The number of hydrogen-bond donors (Lipinski definition) is 1. The molecule has 1 aromatic carbocycles. The quantitative estimate of drug-likeness (QED) is 0.911. The number of piperidine rings is 1. The van der Waals surface area contributed by atoms with Crippen molar-refractivity contribution < 1.29 is 0 Å². The molecule has 0 spiro atoms. The van der Waals surface area contributed by atoms with Crippen LogP contribution in [0.4, 0.5) is 0 Å². The third-order valence-electron chi connectivity index (χ3n) is 3.53. The maximum atomic E-state index is 8.73. The summed E-state index contributed by atoms with van der Waals surface area (Å²) in [7, 11) is 0. The zero-order valence-electron chi connectivity index (χ0n) is 10.5. The molecule has 0 amide bonds. The molecular formula is C14H20ClN3. The summed E-state index contributed by atoms with van der Waals surface area (Å²) in [6.07, 6.45) is 2.43. The molecule has 0 aliphatic carbocycles. The molecule has 0 unspecified atom stereocenters. The average molecular weight is 266 g/mol. The van der Waals surface area contributed by atoms with Crippen LogP contribution in [0.1, 0.15) is 24.0 Å². The second-order valence-electron chi connectivity index (χ2n) is 4.76. The van der Waals surface area contributed by atoms with E-state index in [0.29, 0.717) is 5.92 Å². The molecule has 2 N–H and O–H groups in total. The van der Waals surface area contributed by atoms with Gasteiger partial charge in [-0.2, -0.15) is 5.26 Å². The topological polar surface area (TPSA) is 53.0 Å². The fourth-order valence-corrected chi connectivity index (χ4v) is 2.32. The molecule has 0 aromatic heterocycles. The number of benzene rings is 1. The summed E-state index contributed by atoms with van der Waals surface area (Å²) in [5.41, 5.74) is 7.70. The minimum Gasteiger partial charge on any atom is -0.330 e. The summed E-state index contributed by atoms with van der Waals surface area (Å²) in [6, 6.07) is 10.0. The smallest absolute Gasteiger partial charge is 0.0991 e. The van der Waals surface area contributed by atoms with E-state index in [9.17, 15) is 0 Å². The van der Waals surface area contributed by atoms with Gasteiger partial charge in [0.05, 0.1) is 11.6 Å². The zero-order valence-corrected chi connectivity index (χ0v) is 11.3. The highest BCUT2D eigenvalue weighted by Gasteiger charge is 2.17. The van der Waals surface area contributed by atoms with Crippen LogP contribution in [0, 0.1) is 17.2 Å². The summed E-state index contributed by atoms with van der Waals surface area (Å²) in [6.45, 7) is 4.09. The predicted octanol–water partition coefficient (Wildman–Crippen LogP) is 2.15. The number of halogens is 1. The summed E-state index contributed by atoms with van der Waals surface area (Å²) in [5.74, 6) is 0.715. The Labute approximate surface area is 115 Å². The van der Waals surface area contributed by atoms with E-state index in [2.05, 4.69) is 11.0 Å². The molecule has 1 aromatic rings. The number of hydrogen-bond acceptors (Lipinski definition) is 3. The standard InChI is InChI=1S/C14H19N3.ClH/c15-9-12-1-3-14(4-2-12)11-17-7-5-13(10-16)6-8-17;/h1-4,13H,5-8,10-11,16H2;1H. The lowest BCUT2D eigenvalue weighted by Crippen LogP contribution is -2.35. The average Bonchev–Trinajstić information content (AvgIpc) is 2.40. The number of likely N-dealkylation sites (tertiary alicyclic amines) is 1. The summed E-state index contributed by atoms with van der Waals surface area (Å²) >= 11 is 0. The number of rotatable bonds is 3. The molecule has 1 aliphatic heterocycles. The lowest BCUT2D eigenvalue weighted by atomic mass is 9.97. The van der Waals surface area contributed by atoms with E-state index in [1.165, 1.54) is 18.4 Å². The van der Waals surface area contributed by atoms with Crippen molar-refractivity contribution in [1.82, 2.24) is 4.90 Å². The maximum Gasteiger partial charge on any atom is 0.0991 e. The Bertz CT molecular complexity index is 388. The molecule has 4 heteroatoms. The van der Waals surface area contributed by atoms with Crippen LogP contribution in [0.2, 0.25) is 0 Å². The minimum atomic E-state index is 0. The van der Waals surface area contributed by atoms with Gasteiger partial charge in [0.25, 0.3) is 0 Å². The Balaban J connectivity index is 0.00000162. The Hall–Kier alpha value is -1.08. The van der Waals surface area contributed by atoms with Gasteiger partial charge in [0.15, 0.2) is 0 Å². The first kappa shape index (κ1) is 15.0. The molecule has 1 saturated heterocycles. The molecule has 1 heterocycles. The van der Waals surface area contributed by atoms with Crippen molar-refractivity contribution in [2.75, 3.05) is 19.6 Å². The van der Waals surface area contributed by atoms with Gasteiger partial charge in [0.1, 0.15) is 0 Å².